The molecule has 0 aliphatic heterocycles. The fourth-order valence-corrected chi connectivity index (χ4v) is 2.07. The standard InChI is InChI=1S/C13H10BrN3/c14-10-5-6-17-8-12(16-13(17)7-10)9-1-3-11(15)4-2-9/h1-8H,15H2. The summed E-state index contributed by atoms with van der Waals surface area (Å²) in [5.41, 5.74) is 9.37. The van der Waals surface area contributed by atoms with E-state index >= 15 is 0 Å². The monoisotopic (exact) mass is 287 g/mol. The highest BCUT2D eigenvalue weighted by Crippen LogP contribution is 2.21. The molecule has 0 bridgehead atoms. The van der Waals surface area contributed by atoms with E-state index < -0.39 is 0 Å². The lowest BCUT2D eigenvalue weighted by atomic mass is 10.1. The summed E-state index contributed by atoms with van der Waals surface area (Å²) in [6.45, 7) is 0. The molecule has 0 unspecified atom stereocenters. The van der Waals surface area contributed by atoms with Crippen LogP contribution >= 0.6 is 15.9 Å². The molecule has 3 nitrogen and oxygen atoms in total. The molecule has 0 aliphatic rings. The van der Waals surface area contributed by atoms with Gasteiger partial charge >= 0.3 is 0 Å². The number of hydrogen-bond donors (Lipinski definition) is 1. The SMILES string of the molecule is Nc1ccc(-c2cn3ccc(Br)cc3n2)cc1. The summed E-state index contributed by atoms with van der Waals surface area (Å²) < 4.78 is 3.02. The van der Waals surface area contributed by atoms with Gasteiger partial charge in [-0.2, -0.15) is 0 Å². The van der Waals surface area contributed by atoms with Crippen LogP contribution in [0.2, 0.25) is 0 Å². The molecule has 0 aliphatic carbocycles. The molecule has 0 radical (unpaired) electrons. The Bertz CT molecular complexity index is 671. The number of rotatable bonds is 1. The third kappa shape index (κ3) is 1.91. The molecule has 0 spiro atoms. The number of aromatic nitrogens is 2. The van der Waals surface area contributed by atoms with Crippen molar-refractivity contribution in [1.82, 2.24) is 9.38 Å². The van der Waals surface area contributed by atoms with E-state index in [1.54, 1.807) is 0 Å². The maximum Gasteiger partial charge on any atom is 0.138 e. The van der Waals surface area contributed by atoms with Crippen molar-refractivity contribution in [3.63, 3.8) is 0 Å². The van der Waals surface area contributed by atoms with E-state index in [0.29, 0.717) is 0 Å². The van der Waals surface area contributed by atoms with Crippen molar-refractivity contribution in [3.05, 3.63) is 53.3 Å². The summed E-state index contributed by atoms with van der Waals surface area (Å²) >= 11 is 3.44. The van der Waals surface area contributed by atoms with E-state index in [-0.39, 0.29) is 0 Å². The van der Waals surface area contributed by atoms with Crippen molar-refractivity contribution in [1.29, 1.82) is 0 Å². The van der Waals surface area contributed by atoms with Gasteiger partial charge in [-0.05, 0) is 24.3 Å². The van der Waals surface area contributed by atoms with Crippen molar-refractivity contribution in [2.75, 3.05) is 5.73 Å². The van der Waals surface area contributed by atoms with Crippen LogP contribution in [0.1, 0.15) is 0 Å². The molecule has 3 rings (SSSR count). The molecular formula is C13H10BrN3. The minimum atomic E-state index is 0.764. The van der Waals surface area contributed by atoms with Crippen LogP contribution in [0.4, 0.5) is 5.69 Å². The number of halogens is 1. The first-order chi connectivity index (χ1) is 8.22. The summed E-state index contributed by atoms with van der Waals surface area (Å²) in [6.07, 6.45) is 3.99. The highest BCUT2D eigenvalue weighted by molar-refractivity contribution is 9.10. The van der Waals surface area contributed by atoms with Gasteiger partial charge in [-0.25, -0.2) is 4.98 Å². The molecule has 3 aromatic rings. The van der Waals surface area contributed by atoms with E-state index in [2.05, 4.69) is 20.9 Å². The Kier molecular flexibility index (Phi) is 2.37. The van der Waals surface area contributed by atoms with Crippen LogP contribution in [-0.2, 0) is 0 Å². The predicted molar refractivity (Wildman–Crippen MR) is 72.7 cm³/mol. The minimum absolute atomic E-state index is 0.764. The molecule has 0 amide bonds. The number of anilines is 1. The Morgan fingerprint density at radius 3 is 2.65 bits per heavy atom. The van der Waals surface area contributed by atoms with Crippen LogP contribution in [0.25, 0.3) is 16.9 Å². The van der Waals surface area contributed by atoms with Crippen LogP contribution in [0.15, 0.2) is 53.3 Å². The summed E-state index contributed by atoms with van der Waals surface area (Å²) in [4.78, 5) is 4.57. The summed E-state index contributed by atoms with van der Waals surface area (Å²) in [5, 5.41) is 0. The average molecular weight is 288 g/mol. The van der Waals surface area contributed by atoms with Crippen molar-refractivity contribution in [3.8, 4) is 11.3 Å². The molecule has 84 valence electrons. The third-order valence-electron chi connectivity index (χ3n) is 2.63. The van der Waals surface area contributed by atoms with E-state index in [9.17, 15) is 0 Å². The largest absolute Gasteiger partial charge is 0.399 e. The number of imidazole rings is 1. The lowest BCUT2D eigenvalue weighted by Crippen LogP contribution is -1.83. The van der Waals surface area contributed by atoms with Gasteiger partial charge in [-0.3, -0.25) is 0 Å². The van der Waals surface area contributed by atoms with E-state index in [1.165, 1.54) is 0 Å². The molecule has 0 saturated heterocycles. The maximum atomic E-state index is 5.67. The fourth-order valence-electron chi connectivity index (χ4n) is 1.75. The van der Waals surface area contributed by atoms with Gasteiger partial charge in [-0.15, -0.1) is 0 Å². The Hall–Kier alpha value is -1.81. The van der Waals surface area contributed by atoms with E-state index in [4.69, 9.17) is 5.73 Å². The van der Waals surface area contributed by atoms with Crippen molar-refractivity contribution >= 4 is 27.3 Å². The van der Waals surface area contributed by atoms with Crippen LogP contribution < -0.4 is 5.73 Å². The first kappa shape index (κ1) is 10.4. The maximum absolute atomic E-state index is 5.67. The molecule has 1 aromatic carbocycles. The van der Waals surface area contributed by atoms with E-state index in [1.807, 2.05) is 53.2 Å². The van der Waals surface area contributed by atoms with Gasteiger partial charge in [0.15, 0.2) is 0 Å². The van der Waals surface area contributed by atoms with Crippen LogP contribution in [-0.4, -0.2) is 9.38 Å². The molecule has 2 aromatic heterocycles. The number of benzene rings is 1. The van der Waals surface area contributed by atoms with Crippen molar-refractivity contribution < 1.29 is 0 Å². The molecule has 2 N–H and O–H groups in total. The number of nitrogens with zero attached hydrogens (tertiary/aromatic N) is 2. The Balaban J connectivity index is 2.14. The van der Waals surface area contributed by atoms with Crippen molar-refractivity contribution in [2.24, 2.45) is 0 Å². The summed E-state index contributed by atoms with van der Waals surface area (Å²) in [5.74, 6) is 0. The van der Waals surface area contributed by atoms with Gasteiger partial charge in [0.05, 0.1) is 5.69 Å². The zero-order chi connectivity index (χ0) is 11.8. The van der Waals surface area contributed by atoms with Gasteiger partial charge < -0.3 is 10.1 Å². The van der Waals surface area contributed by atoms with Crippen molar-refractivity contribution in [2.45, 2.75) is 0 Å². The quantitative estimate of drug-likeness (QED) is 0.698. The Labute approximate surface area is 107 Å². The summed E-state index contributed by atoms with van der Waals surface area (Å²) in [7, 11) is 0. The second-order valence-corrected chi connectivity index (χ2v) is 4.77. The van der Waals surface area contributed by atoms with Crippen LogP contribution in [0.3, 0.4) is 0 Å². The van der Waals surface area contributed by atoms with Gasteiger partial charge in [0.25, 0.3) is 0 Å². The predicted octanol–water partition coefficient (Wildman–Crippen LogP) is 3.35. The lowest BCUT2D eigenvalue weighted by Gasteiger charge is -1.96. The molecule has 4 heteroatoms. The zero-order valence-electron chi connectivity index (χ0n) is 8.97. The number of fused-ring (bicyclic) bond motifs is 1. The number of hydrogen-bond acceptors (Lipinski definition) is 2. The first-order valence-corrected chi connectivity index (χ1v) is 6.02. The van der Waals surface area contributed by atoms with Crippen LogP contribution in [0, 0.1) is 0 Å². The molecule has 0 saturated carbocycles. The highest BCUT2D eigenvalue weighted by Gasteiger charge is 2.04. The normalized spacial score (nSPS) is 10.9. The van der Waals surface area contributed by atoms with Gasteiger partial charge in [-0.1, -0.05) is 28.1 Å². The second kappa shape index (κ2) is 3.89. The minimum Gasteiger partial charge on any atom is -0.399 e. The Morgan fingerprint density at radius 1 is 1.12 bits per heavy atom. The molecule has 2 heterocycles. The number of nitrogens with two attached hydrogens (primary N) is 1. The fraction of sp³-hybridized carbons (Fsp3) is 0. The Morgan fingerprint density at radius 2 is 1.88 bits per heavy atom. The zero-order valence-corrected chi connectivity index (χ0v) is 10.6. The van der Waals surface area contributed by atoms with E-state index in [0.717, 1.165) is 27.1 Å². The molecule has 17 heavy (non-hydrogen) atoms. The van der Waals surface area contributed by atoms with Gasteiger partial charge in [0.1, 0.15) is 5.65 Å². The lowest BCUT2D eigenvalue weighted by molar-refractivity contribution is 1.18. The van der Waals surface area contributed by atoms with Crippen LogP contribution in [0.5, 0.6) is 0 Å². The topological polar surface area (TPSA) is 43.3 Å². The number of nitrogen functional groups attached to an aromatic ring is 1. The smallest absolute Gasteiger partial charge is 0.138 e. The number of pyridine rings is 1. The third-order valence-corrected chi connectivity index (χ3v) is 3.12. The molecular weight excluding hydrogens is 278 g/mol. The molecule has 0 atom stereocenters. The van der Waals surface area contributed by atoms with Gasteiger partial charge in [0.2, 0.25) is 0 Å². The average Bonchev–Trinajstić information content (AvgIpc) is 2.72. The second-order valence-electron chi connectivity index (χ2n) is 3.86. The molecule has 0 fully saturated rings. The summed E-state index contributed by atoms with van der Waals surface area (Å²) in [6, 6.07) is 11.7. The first-order valence-electron chi connectivity index (χ1n) is 5.22. The highest BCUT2D eigenvalue weighted by atomic mass is 79.9. The van der Waals surface area contributed by atoms with Gasteiger partial charge in [0, 0.05) is 28.1 Å².